The summed E-state index contributed by atoms with van der Waals surface area (Å²) in [6.07, 6.45) is 3.07. The molecule has 3 heterocycles. The summed E-state index contributed by atoms with van der Waals surface area (Å²) in [5, 5.41) is 1.14. The lowest BCUT2D eigenvalue weighted by Crippen LogP contribution is -2.44. The first-order valence-corrected chi connectivity index (χ1v) is 9.88. The lowest BCUT2D eigenvalue weighted by atomic mass is 10.2. The first kappa shape index (κ1) is 16.0. The molecule has 2 aliphatic rings. The number of aromatic nitrogens is 1. The molecule has 0 saturated carbocycles. The van der Waals surface area contributed by atoms with E-state index in [0.29, 0.717) is 6.04 Å². The lowest BCUT2D eigenvalue weighted by Gasteiger charge is -2.32. The van der Waals surface area contributed by atoms with Gasteiger partial charge >= 0.3 is 0 Å². The standard InChI is InChI=1S/C14H22ClN3OS2/c15-13-9-16-14(21-13)10-18(12-1-8-20-11-12)3-2-17-4-6-19-7-5-17/h9,12H,1-8,10-11H2. The molecule has 1 unspecified atom stereocenters. The van der Waals surface area contributed by atoms with E-state index < -0.39 is 0 Å². The maximum Gasteiger partial charge on any atom is 0.113 e. The molecule has 21 heavy (non-hydrogen) atoms. The molecule has 7 heteroatoms. The van der Waals surface area contributed by atoms with Gasteiger partial charge in [0.15, 0.2) is 0 Å². The minimum absolute atomic E-state index is 0.693. The summed E-state index contributed by atoms with van der Waals surface area (Å²) in [4.78, 5) is 9.54. The summed E-state index contributed by atoms with van der Waals surface area (Å²) in [6, 6.07) is 0.693. The molecule has 1 atom stereocenters. The Labute approximate surface area is 139 Å². The van der Waals surface area contributed by atoms with E-state index in [1.807, 2.05) is 0 Å². The fraction of sp³-hybridized carbons (Fsp3) is 0.786. The van der Waals surface area contributed by atoms with Crippen molar-refractivity contribution in [3.8, 4) is 0 Å². The number of nitrogens with zero attached hydrogens (tertiary/aromatic N) is 3. The average Bonchev–Trinajstić information content (AvgIpc) is 3.16. The van der Waals surface area contributed by atoms with E-state index in [2.05, 4.69) is 26.5 Å². The monoisotopic (exact) mass is 347 g/mol. The van der Waals surface area contributed by atoms with Crippen LogP contribution in [0.5, 0.6) is 0 Å². The Morgan fingerprint density at radius 3 is 2.95 bits per heavy atom. The molecule has 0 N–H and O–H groups in total. The van der Waals surface area contributed by atoms with Gasteiger partial charge in [0.05, 0.1) is 26.0 Å². The lowest BCUT2D eigenvalue weighted by molar-refractivity contribution is 0.0308. The van der Waals surface area contributed by atoms with Crippen molar-refractivity contribution in [2.75, 3.05) is 50.9 Å². The summed E-state index contributed by atoms with van der Waals surface area (Å²) >= 11 is 9.69. The van der Waals surface area contributed by atoms with Gasteiger partial charge in [-0.3, -0.25) is 9.80 Å². The molecule has 2 saturated heterocycles. The zero-order valence-corrected chi connectivity index (χ0v) is 14.6. The third kappa shape index (κ3) is 4.81. The number of hydrogen-bond acceptors (Lipinski definition) is 6. The number of thioether (sulfide) groups is 1. The highest BCUT2D eigenvalue weighted by molar-refractivity contribution is 7.99. The smallest absolute Gasteiger partial charge is 0.113 e. The Morgan fingerprint density at radius 2 is 2.29 bits per heavy atom. The highest BCUT2D eigenvalue weighted by atomic mass is 35.5. The van der Waals surface area contributed by atoms with Crippen LogP contribution < -0.4 is 0 Å². The van der Waals surface area contributed by atoms with Crippen molar-refractivity contribution in [2.45, 2.75) is 19.0 Å². The average molecular weight is 348 g/mol. The first-order chi connectivity index (χ1) is 10.3. The summed E-state index contributed by atoms with van der Waals surface area (Å²) in [5.41, 5.74) is 0. The molecule has 0 bridgehead atoms. The quantitative estimate of drug-likeness (QED) is 0.788. The van der Waals surface area contributed by atoms with Gasteiger partial charge in [0, 0.05) is 38.0 Å². The number of ether oxygens (including phenoxy) is 1. The Morgan fingerprint density at radius 1 is 1.43 bits per heavy atom. The Balaban J connectivity index is 1.55. The highest BCUT2D eigenvalue weighted by Gasteiger charge is 2.24. The minimum atomic E-state index is 0.693. The maximum atomic E-state index is 6.01. The molecule has 0 aromatic carbocycles. The normalized spacial score (nSPS) is 24.0. The summed E-state index contributed by atoms with van der Waals surface area (Å²) in [6.45, 7) is 7.06. The van der Waals surface area contributed by atoms with Crippen molar-refractivity contribution in [2.24, 2.45) is 0 Å². The van der Waals surface area contributed by atoms with Gasteiger partial charge in [-0.25, -0.2) is 4.98 Å². The fourth-order valence-electron chi connectivity index (χ4n) is 2.83. The molecule has 2 fully saturated rings. The largest absolute Gasteiger partial charge is 0.379 e. The van der Waals surface area contributed by atoms with Crippen LogP contribution >= 0.6 is 34.7 Å². The van der Waals surface area contributed by atoms with E-state index >= 15 is 0 Å². The van der Waals surface area contributed by atoms with Crippen LogP contribution in [0.25, 0.3) is 0 Å². The van der Waals surface area contributed by atoms with Crippen molar-refractivity contribution >= 4 is 34.7 Å². The van der Waals surface area contributed by atoms with E-state index in [-0.39, 0.29) is 0 Å². The number of thiazole rings is 1. The molecular formula is C14H22ClN3OS2. The van der Waals surface area contributed by atoms with Crippen LogP contribution in [0.4, 0.5) is 0 Å². The SMILES string of the molecule is Clc1cnc(CN(CCN2CCOCC2)C2CCSC2)s1. The second-order valence-corrected chi connectivity index (χ2v) is 8.40. The second-order valence-electron chi connectivity index (χ2n) is 5.50. The third-order valence-electron chi connectivity index (χ3n) is 4.09. The minimum Gasteiger partial charge on any atom is -0.379 e. The van der Waals surface area contributed by atoms with Crippen LogP contribution in [0, 0.1) is 0 Å². The molecule has 118 valence electrons. The number of rotatable bonds is 6. The van der Waals surface area contributed by atoms with Gasteiger partial charge in [-0.2, -0.15) is 11.8 Å². The molecule has 1 aromatic rings. The van der Waals surface area contributed by atoms with Crippen LogP contribution in [0.2, 0.25) is 4.34 Å². The molecule has 0 radical (unpaired) electrons. The predicted molar refractivity (Wildman–Crippen MR) is 90.5 cm³/mol. The van der Waals surface area contributed by atoms with Crippen LogP contribution in [0.1, 0.15) is 11.4 Å². The van der Waals surface area contributed by atoms with E-state index in [0.717, 1.165) is 55.3 Å². The summed E-state index contributed by atoms with van der Waals surface area (Å²) < 4.78 is 6.21. The van der Waals surface area contributed by atoms with Gasteiger partial charge in [0.2, 0.25) is 0 Å². The van der Waals surface area contributed by atoms with Gasteiger partial charge < -0.3 is 4.74 Å². The highest BCUT2D eigenvalue weighted by Crippen LogP contribution is 2.26. The molecule has 0 aliphatic carbocycles. The Hall–Kier alpha value is 0.150. The van der Waals surface area contributed by atoms with Crippen molar-refractivity contribution in [1.29, 1.82) is 0 Å². The maximum absolute atomic E-state index is 6.01. The molecule has 0 amide bonds. The molecule has 3 rings (SSSR count). The molecule has 0 spiro atoms. The number of hydrogen-bond donors (Lipinski definition) is 0. The van der Waals surface area contributed by atoms with Crippen LogP contribution in [-0.2, 0) is 11.3 Å². The predicted octanol–water partition coefficient (Wildman–Crippen LogP) is 2.44. The van der Waals surface area contributed by atoms with Crippen LogP contribution in [-0.4, -0.2) is 71.7 Å². The molecular weight excluding hydrogens is 326 g/mol. The zero-order chi connectivity index (χ0) is 14.5. The van der Waals surface area contributed by atoms with E-state index in [1.54, 1.807) is 17.5 Å². The number of halogens is 1. The van der Waals surface area contributed by atoms with Crippen LogP contribution in [0.3, 0.4) is 0 Å². The van der Waals surface area contributed by atoms with Gasteiger partial charge in [0.25, 0.3) is 0 Å². The van der Waals surface area contributed by atoms with Gasteiger partial charge in [0.1, 0.15) is 9.34 Å². The van der Waals surface area contributed by atoms with Crippen molar-refractivity contribution in [3.05, 3.63) is 15.5 Å². The molecule has 2 aliphatic heterocycles. The van der Waals surface area contributed by atoms with E-state index in [4.69, 9.17) is 16.3 Å². The summed E-state index contributed by atoms with van der Waals surface area (Å²) in [7, 11) is 0. The van der Waals surface area contributed by atoms with Crippen LogP contribution in [0.15, 0.2) is 6.20 Å². The summed E-state index contributed by atoms with van der Waals surface area (Å²) in [5.74, 6) is 2.54. The van der Waals surface area contributed by atoms with Crippen molar-refractivity contribution in [3.63, 3.8) is 0 Å². The van der Waals surface area contributed by atoms with Crippen molar-refractivity contribution in [1.82, 2.24) is 14.8 Å². The zero-order valence-electron chi connectivity index (χ0n) is 12.2. The Kier molecular flexibility index (Phi) is 6.20. The molecule has 1 aromatic heterocycles. The fourth-order valence-corrected chi connectivity index (χ4v) is 5.07. The van der Waals surface area contributed by atoms with Gasteiger partial charge in [-0.1, -0.05) is 11.6 Å². The van der Waals surface area contributed by atoms with E-state index in [9.17, 15) is 0 Å². The topological polar surface area (TPSA) is 28.6 Å². The first-order valence-electron chi connectivity index (χ1n) is 7.53. The third-order valence-corrected chi connectivity index (χ3v) is 6.34. The molecule has 4 nitrogen and oxygen atoms in total. The van der Waals surface area contributed by atoms with Crippen molar-refractivity contribution < 1.29 is 4.74 Å². The van der Waals surface area contributed by atoms with Gasteiger partial charge in [-0.05, 0) is 12.2 Å². The number of morpholine rings is 1. The Bertz CT molecular complexity index is 434. The second kappa shape index (κ2) is 8.13. The van der Waals surface area contributed by atoms with Gasteiger partial charge in [-0.15, -0.1) is 11.3 Å². The van der Waals surface area contributed by atoms with E-state index in [1.165, 1.54) is 17.9 Å².